The number of pyridine rings is 1. The fraction of sp³-hybridized carbons (Fsp3) is 0. The lowest BCUT2D eigenvalue weighted by atomic mass is 10.0. The van der Waals surface area contributed by atoms with Crippen molar-refractivity contribution in [2.75, 3.05) is 0 Å². The highest BCUT2D eigenvalue weighted by Gasteiger charge is 2.19. The number of aromatic nitrogens is 1. The van der Waals surface area contributed by atoms with Crippen LogP contribution in [-0.2, 0) is 0 Å². The second kappa shape index (κ2) is 5.91. The van der Waals surface area contributed by atoms with Crippen LogP contribution in [0.1, 0.15) is 25.6 Å². The lowest BCUT2D eigenvalue weighted by Gasteiger charge is -2.02. The first-order chi connectivity index (χ1) is 10.7. The van der Waals surface area contributed by atoms with Crippen LogP contribution >= 0.6 is 11.3 Å². The number of rotatable bonds is 4. The number of carboxylic acid groups (broad SMARTS) is 1. The third-order valence-corrected chi connectivity index (χ3v) is 4.11. The molecule has 2 aromatic heterocycles. The van der Waals surface area contributed by atoms with Crippen molar-refractivity contribution in [3.05, 3.63) is 76.1 Å². The first kappa shape index (κ1) is 14.2. The molecule has 2 heterocycles. The van der Waals surface area contributed by atoms with Gasteiger partial charge in [-0.25, -0.2) is 4.79 Å². The number of aromatic carboxylic acids is 1. The molecule has 1 aromatic carbocycles. The Labute approximate surface area is 130 Å². The molecular weight excluding hydrogens is 298 g/mol. The number of carboxylic acids is 1. The van der Waals surface area contributed by atoms with E-state index in [1.807, 2.05) is 23.6 Å². The van der Waals surface area contributed by atoms with E-state index in [1.54, 1.807) is 24.4 Å². The van der Waals surface area contributed by atoms with Gasteiger partial charge in [0.25, 0.3) is 0 Å². The summed E-state index contributed by atoms with van der Waals surface area (Å²) in [6.45, 7) is 0. The zero-order chi connectivity index (χ0) is 15.5. The molecule has 22 heavy (non-hydrogen) atoms. The minimum Gasteiger partial charge on any atom is -0.478 e. The number of thiophene rings is 1. The third-order valence-electron chi connectivity index (χ3n) is 3.19. The first-order valence-electron chi connectivity index (χ1n) is 6.54. The molecule has 3 rings (SSSR count). The Morgan fingerprint density at radius 3 is 2.41 bits per heavy atom. The summed E-state index contributed by atoms with van der Waals surface area (Å²) in [4.78, 5) is 28.5. The van der Waals surface area contributed by atoms with Crippen molar-refractivity contribution < 1.29 is 14.7 Å². The average Bonchev–Trinajstić information content (AvgIpc) is 3.05. The number of benzene rings is 1. The van der Waals surface area contributed by atoms with E-state index < -0.39 is 5.97 Å². The van der Waals surface area contributed by atoms with Crippen LogP contribution in [0, 0.1) is 0 Å². The van der Waals surface area contributed by atoms with Gasteiger partial charge in [-0.3, -0.25) is 9.78 Å². The molecule has 108 valence electrons. The molecule has 0 amide bonds. The molecule has 0 radical (unpaired) electrons. The van der Waals surface area contributed by atoms with E-state index in [0.29, 0.717) is 4.88 Å². The van der Waals surface area contributed by atoms with Gasteiger partial charge in [0.1, 0.15) is 0 Å². The van der Waals surface area contributed by atoms with Gasteiger partial charge in [0, 0.05) is 22.7 Å². The van der Waals surface area contributed by atoms with Crippen molar-refractivity contribution in [1.82, 2.24) is 4.98 Å². The Morgan fingerprint density at radius 2 is 1.73 bits per heavy atom. The Balaban J connectivity index is 1.98. The van der Waals surface area contributed by atoms with Gasteiger partial charge in [0.2, 0.25) is 5.78 Å². The topological polar surface area (TPSA) is 67.3 Å². The SMILES string of the molecule is O=C(O)c1ccccc1C(=O)c1cc(-c2ccccn2)cs1. The summed E-state index contributed by atoms with van der Waals surface area (Å²) < 4.78 is 0. The summed E-state index contributed by atoms with van der Waals surface area (Å²) in [6, 6.07) is 13.5. The number of hydrogen-bond acceptors (Lipinski definition) is 4. The number of carbonyl (C=O) groups excluding carboxylic acids is 1. The average molecular weight is 309 g/mol. The number of hydrogen-bond donors (Lipinski definition) is 1. The maximum absolute atomic E-state index is 12.5. The van der Waals surface area contributed by atoms with E-state index in [2.05, 4.69) is 4.98 Å². The normalized spacial score (nSPS) is 10.4. The van der Waals surface area contributed by atoms with Gasteiger partial charge in [0.15, 0.2) is 0 Å². The van der Waals surface area contributed by atoms with E-state index in [9.17, 15) is 14.7 Å². The van der Waals surface area contributed by atoms with Gasteiger partial charge < -0.3 is 5.11 Å². The van der Waals surface area contributed by atoms with Crippen LogP contribution in [0.3, 0.4) is 0 Å². The van der Waals surface area contributed by atoms with E-state index >= 15 is 0 Å². The van der Waals surface area contributed by atoms with Crippen LogP contribution in [0.2, 0.25) is 0 Å². The molecule has 4 nitrogen and oxygen atoms in total. The largest absolute Gasteiger partial charge is 0.478 e. The lowest BCUT2D eigenvalue weighted by molar-refractivity contribution is 0.0693. The Hall–Kier alpha value is -2.79. The molecule has 0 aliphatic rings. The maximum atomic E-state index is 12.5. The summed E-state index contributed by atoms with van der Waals surface area (Å²) in [5.74, 6) is -1.39. The Bertz CT molecular complexity index is 840. The number of carbonyl (C=O) groups is 2. The van der Waals surface area contributed by atoms with Gasteiger partial charge in [-0.05, 0) is 24.3 Å². The monoisotopic (exact) mass is 309 g/mol. The molecule has 5 heteroatoms. The van der Waals surface area contributed by atoms with Gasteiger partial charge in [-0.2, -0.15) is 0 Å². The predicted molar refractivity (Wildman–Crippen MR) is 84.4 cm³/mol. The van der Waals surface area contributed by atoms with Crippen LogP contribution in [0.5, 0.6) is 0 Å². The molecule has 0 fully saturated rings. The molecule has 1 N–H and O–H groups in total. The van der Waals surface area contributed by atoms with Crippen molar-refractivity contribution in [2.24, 2.45) is 0 Å². The van der Waals surface area contributed by atoms with Crippen molar-refractivity contribution in [3.63, 3.8) is 0 Å². The highest BCUT2D eigenvalue weighted by atomic mass is 32.1. The lowest BCUT2D eigenvalue weighted by Crippen LogP contribution is -2.08. The molecule has 0 saturated carbocycles. The Kier molecular flexibility index (Phi) is 3.80. The molecule has 0 unspecified atom stereocenters. The Morgan fingerprint density at radius 1 is 1.00 bits per heavy atom. The van der Waals surface area contributed by atoms with E-state index in [1.165, 1.54) is 23.5 Å². The highest BCUT2D eigenvalue weighted by Crippen LogP contribution is 2.26. The highest BCUT2D eigenvalue weighted by molar-refractivity contribution is 7.12. The third kappa shape index (κ3) is 2.66. The molecule has 0 atom stereocenters. The van der Waals surface area contributed by atoms with E-state index in [4.69, 9.17) is 0 Å². The first-order valence-corrected chi connectivity index (χ1v) is 7.42. The molecule has 0 aliphatic carbocycles. The summed E-state index contributed by atoms with van der Waals surface area (Å²) in [5, 5.41) is 11.0. The minimum absolute atomic E-state index is 0.0142. The summed E-state index contributed by atoms with van der Waals surface area (Å²) in [5.41, 5.74) is 1.84. The zero-order valence-corrected chi connectivity index (χ0v) is 12.2. The van der Waals surface area contributed by atoms with E-state index in [0.717, 1.165) is 11.3 Å². The van der Waals surface area contributed by atoms with Crippen molar-refractivity contribution in [3.8, 4) is 11.3 Å². The van der Waals surface area contributed by atoms with Gasteiger partial charge in [0.05, 0.1) is 16.1 Å². The second-order valence-corrected chi connectivity index (χ2v) is 5.51. The fourth-order valence-corrected chi connectivity index (χ4v) is 2.98. The molecule has 0 saturated heterocycles. The van der Waals surface area contributed by atoms with Crippen molar-refractivity contribution in [2.45, 2.75) is 0 Å². The van der Waals surface area contributed by atoms with Gasteiger partial charge in [-0.1, -0.05) is 24.3 Å². The molecule has 0 aliphatic heterocycles. The number of nitrogens with zero attached hydrogens (tertiary/aromatic N) is 1. The molecular formula is C17H11NO3S. The van der Waals surface area contributed by atoms with E-state index in [-0.39, 0.29) is 16.9 Å². The van der Waals surface area contributed by atoms with Crippen LogP contribution in [0.15, 0.2) is 60.1 Å². The van der Waals surface area contributed by atoms with Gasteiger partial charge in [-0.15, -0.1) is 11.3 Å². The standard InChI is InChI=1S/C17H11NO3S/c19-16(12-5-1-2-6-13(12)17(20)21)15-9-11(10-22-15)14-7-3-4-8-18-14/h1-10H,(H,20,21). The minimum atomic E-state index is -1.11. The second-order valence-electron chi connectivity index (χ2n) is 4.59. The zero-order valence-electron chi connectivity index (χ0n) is 11.4. The smallest absolute Gasteiger partial charge is 0.336 e. The maximum Gasteiger partial charge on any atom is 0.336 e. The van der Waals surface area contributed by atoms with Crippen molar-refractivity contribution >= 4 is 23.1 Å². The molecule has 3 aromatic rings. The van der Waals surface area contributed by atoms with Crippen molar-refractivity contribution in [1.29, 1.82) is 0 Å². The quantitative estimate of drug-likeness (QED) is 0.745. The van der Waals surface area contributed by atoms with Crippen LogP contribution in [0.4, 0.5) is 0 Å². The summed E-state index contributed by atoms with van der Waals surface area (Å²) in [7, 11) is 0. The predicted octanol–water partition coefficient (Wildman–Crippen LogP) is 3.74. The number of ketones is 1. The summed E-state index contributed by atoms with van der Waals surface area (Å²) in [6.07, 6.45) is 1.69. The summed E-state index contributed by atoms with van der Waals surface area (Å²) >= 11 is 1.29. The van der Waals surface area contributed by atoms with Crippen LogP contribution < -0.4 is 0 Å². The fourth-order valence-electron chi connectivity index (χ4n) is 2.12. The van der Waals surface area contributed by atoms with Crippen LogP contribution in [0.25, 0.3) is 11.3 Å². The molecule has 0 bridgehead atoms. The molecule has 0 spiro atoms. The van der Waals surface area contributed by atoms with Gasteiger partial charge >= 0.3 is 5.97 Å². The van der Waals surface area contributed by atoms with Crippen LogP contribution in [-0.4, -0.2) is 21.8 Å².